The number of hydrogen-bond acceptors (Lipinski definition) is 4. The minimum atomic E-state index is -0.942. The van der Waals surface area contributed by atoms with Gasteiger partial charge in [-0.2, -0.15) is 4.39 Å². The third kappa shape index (κ3) is 3.48. The van der Waals surface area contributed by atoms with Crippen LogP contribution in [-0.4, -0.2) is 10.8 Å². The molecule has 0 atom stereocenters. The molecule has 7 heteroatoms. The highest BCUT2D eigenvalue weighted by atomic mass is 32.1. The van der Waals surface area contributed by atoms with Crippen molar-refractivity contribution in [2.45, 2.75) is 0 Å². The number of rotatable bonds is 4. The summed E-state index contributed by atoms with van der Waals surface area (Å²) in [6, 6.07) is 6.88. The molecule has 0 spiro atoms. The van der Waals surface area contributed by atoms with E-state index in [0.29, 0.717) is 0 Å². The van der Waals surface area contributed by atoms with Gasteiger partial charge in [-0.3, -0.25) is 14.9 Å². The predicted octanol–water partition coefficient (Wildman–Crippen LogP) is 3.45. The molecule has 1 heterocycles. The summed E-state index contributed by atoms with van der Waals surface area (Å²) in [5, 5.41) is 14.9. The number of benzene rings is 1. The van der Waals surface area contributed by atoms with E-state index < -0.39 is 22.3 Å². The number of amides is 1. The van der Waals surface area contributed by atoms with Gasteiger partial charge in [-0.15, -0.1) is 11.3 Å². The van der Waals surface area contributed by atoms with Crippen molar-refractivity contribution in [2.24, 2.45) is 0 Å². The fourth-order valence-electron chi connectivity index (χ4n) is 1.46. The number of hydrogen-bond donors (Lipinski definition) is 1. The molecule has 102 valence electrons. The summed E-state index contributed by atoms with van der Waals surface area (Å²) in [6.07, 6.45) is 2.93. The highest BCUT2D eigenvalue weighted by molar-refractivity contribution is 7.10. The molecule has 0 unspecified atom stereocenters. The van der Waals surface area contributed by atoms with Gasteiger partial charge in [0.2, 0.25) is 11.7 Å². The molecule has 1 amide bonds. The van der Waals surface area contributed by atoms with Gasteiger partial charge in [-0.1, -0.05) is 6.07 Å². The molecule has 0 saturated heterocycles. The zero-order chi connectivity index (χ0) is 14.5. The van der Waals surface area contributed by atoms with Gasteiger partial charge in [0.25, 0.3) is 0 Å². The van der Waals surface area contributed by atoms with E-state index in [1.165, 1.54) is 23.5 Å². The van der Waals surface area contributed by atoms with Crippen molar-refractivity contribution in [1.82, 2.24) is 0 Å². The summed E-state index contributed by atoms with van der Waals surface area (Å²) in [5.41, 5.74) is -0.510. The van der Waals surface area contributed by atoms with Crippen molar-refractivity contribution in [3.63, 3.8) is 0 Å². The molecule has 0 aliphatic rings. The molecule has 0 bridgehead atoms. The molecule has 1 aromatic carbocycles. The number of nitro groups is 1. The molecular weight excluding hydrogens is 283 g/mol. The number of nitrogens with one attached hydrogen (secondary N) is 1. The van der Waals surface area contributed by atoms with Crippen molar-refractivity contribution < 1.29 is 14.1 Å². The summed E-state index contributed by atoms with van der Waals surface area (Å²) in [7, 11) is 0. The number of carbonyl (C=O) groups excluding carboxylic acids is 1. The molecule has 1 aromatic heterocycles. The first-order chi connectivity index (χ1) is 9.56. The largest absolute Gasteiger partial charge is 0.322 e. The lowest BCUT2D eigenvalue weighted by atomic mass is 10.2. The van der Waals surface area contributed by atoms with Crippen LogP contribution in [0.1, 0.15) is 4.88 Å². The molecule has 0 aliphatic heterocycles. The van der Waals surface area contributed by atoms with Crippen LogP contribution in [0, 0.1) is 15.9 Å². The van der Waals surface area contributed by atoms with Crippen molar-refractivity contribution in [3.05, 3.63) is 62.6 Å². The number of halogens is 1. The number of anilines is 1. The summed E-state index contributed by atoms with van der Waals surface area (Å²) in [6.45, 7) is 0. The Morgan fingerprint density at radius 2 is 2.20 bits per heavy atom. The van der Waals surface area contributed by atoms with Crippen molar-refractivity contribution in [1.29, 1.82) is 0 Å². The third-order valence-electron chi connectivity index (χ3n) is 2.35. The number of thiophene rings is 1. The van der Waals surface area contributed by atoms with E-state index in [1.807, 2.05) is 17.5 Å². The van der Waals surface area contributed by atoms with Gasteiger partial charge in [0.1, 0.15) is 0 Å². The van der Waals surface area contributed by atoms with Gasteiger partial charge in [-0.05, 0) is 29.7 Å². The van der Waals surface area contributed by atoms with Gasteiger partial charge in [0, 0.05) is 22.7 Å². The Morgan fingerprint density at radius 1 is 1.40 bits per heavy atom. The molecule has 2 aromatic rings. The maximum absolute atomic E-state index is 13.1. The van der Waals surface area contributed by atoms with Crippen LogP contribution in [0.3, 0.4) is 0 Å². The van der Waals surface area contributed by atoms with Crippen LogP contribution >= 0.6 is 11.3 Å². The molecule has 20 heavy (non-hydrogen) atoms. The summed E-state index contributed by atoms with van der Waals surface area (Å²) >= 11 is 1.47. The summed E-state index contributed by atoms with van der Waals surface area (Å²) in [5.74, 6) is -1.39. The van der Waals surface area contributed by atoms with Crippen LogP contribution in [-0.2, 0) is 4.79 Å². The fourth-order valence-corrected chi connectivity index (χ4v) is 2.08. The maximum atomic E-state index is 13.1. The maximum Gasteiger partial charge on any atom is 0.306 e. The van der Waals surface area contributed by atoms with E-state index in [1.54, 1.807) is 6.08 Å². The van der Waals surface area contributed by atoms with E-state index in [2.05, 4.69) is 5.32 Å². The molecule has 1 N–H and O–H groups in total. The van der Waals surface area contributed by atoms with Crippen LogP contribution in [0.5, 0.6) is 0 Å². The summed E-state index contributed by atoms with van der Waals surface area (Å²) < 4.78 is 13.1. The minimum absolute atomic E-state index is 0.166. The summed E-state index contributed by atoms with van der Waals surface area (Å²) in [4.78, 5) is 22.3. The van der Waals surface area contributed by atoms with Crippen LogP contribution in [0.2, 0.25) is 0 Å². The van der Waals surface area contributed by atoms with E-state index in [4.69, 9.17) is 0 Å². The van der Waals surface area contributed by atoms with Gasteiger partial charge in [-0.25, -0.2) is 0 Å². The van der Waals surface area contributed by atoms with Crippen LogP contribution in [0.4, 0.5) is 15.8 Å². The van der Waals surface area contributed by atoms with E-state index in [-0.39, 0.29) is 5.69 Å². The van der Waals surface area contributed by atoms with Gasteiger partial charge >= 0.3 is 5.69 Å². The molecule has 0 radical (unpaired) electrons. The van der Waals surface area contributed by atoms with Crippen molar-refractivity contribution in [3.8, 4) is 0 Å². The number of carbonyl (C=O) groups is 1. The molecule has 2 rings (SSSR count). The van der Waals surface area contributed by atoms with E-state index in [9.17, 15) is 19.3 Å². The zero-order valence-corrected chi connectivity index (χ0v) is 10.9. The first-order valence-electron chi connectivity index (χ1n) is 5.53. The molecule has 5 nitrogen and oxygen atoms in total. The second kappa shape index (κ2) is 6.07. The Morgan fingerprint density at radius 3 is 2.85 bits per heavy atom. The predicted molar refractivity (Wildman–Crippen MR) is 75.0 cm³/mol. The lowest BCUT2D eigenvalue weighted by Crippen LogP contribution is -2.08. The average molecular weight is 292 g/mol. The minimum Gasteiger partial charge on any atom is -0.322 e. The first-order valence-corrected chi connectivity index (χ1v) is 6.41. The lowest BCUT2D eigenvalue weighted by Gasteiger charge is -2.02. The van der Waals surface area contributed by atoms with Gasteiger partial charge < -0.3 is 5.32 Å². The Labute approximate surface area is 117 Å². The van der Waals surface area contributed by atoms with E-state index in [0.717, 1.165) is 17.0 Å². The Bertz CT molecular complexity index is 668. The van der Waals surface area contributed by atoms with Crippen LogP contribution < -0.4 is 5.32 Å². The van der Waals surface area contributed by atoms with Crippen molar-refractivity contribution in [2.75, 3.05) is 5.32 Å². The van der Waals surface area contributed by atoms with Crippen LogP contribution in [0.15, 0.2) is 41.8 Å². The third-order valence-corrected chi connectivity index (χ3v) is 3.19. The number of nitro benzene ring substituents is 1. The monoisotopic (exact) mass is 292 g/mol. The normalized spacial score (nSPS) is 10.7. The standard InChI is InChI=1S/C13H9FN2O3S/c14-11-5-3-9(8-12(11)16(18)19)15-13(17)6-4-10-2-1-7-20-10/h1-8H,(H,15,17)/b6-4+. The smallest absolute Gasteiger partial charge is 0.306 e. The highest BCUT2D eigenvalue weighted by Crippen LogP contribution is 2.21. The Balaban J connectivity index is 2.08. The van der Waals surface area contributed by atoms with E-state index >= 15 is 0 Å². The fraction of sp³-hybridized carbons (Fsp3) is 0. The first kappa shape index (κ1) is 13.9. The second-order valence-electron chi connectivity index (χ2n) is 3.76. The Kier molecular flexibility index (Phi) is 4.21. The molecule has 0 saturated carbocycles. The molecular formula is C13H9FN2O3S. The van der Waals surface area contributed by atoms with Crippen LogP contribution in [0.25, 0.3) is 6.08 Å². The lowest BCUT2D eigenvalue weighted by molar-refractivity contribution is -0.387. The number of nitrogens with zero attached hydrogens (tertiary/aromatic N) is 1. The highest BCUT2D eigenvalue weighted by Gasteiger charge is 2.14. The molecule has 0 aliphatic carbocycles. The topological polar surface area (TPSA) is 72.2 Å². The van der Waals surface area contributed by atoms with Crippen molar-refractivity contribution >= 4 is 34.7 Å². The molecule has 0 fully saturated rings. The zero-order valence-electron chi connectivity index (χ0n) is 10.1. The van der Waals surface area contributed by atoms with Gasteiger partial charge in [0.05, 0.1) is 4.92 Å². The SMILES string of the molecule is O=C(/C=C/c1cccs1)Nc1ccc(F)c([N+](=O)[O-])c1. The Hall–Kier alpha value is -2.54. The quantitative estimate of drug-likeness (QED) is 0.533. The van der Waals surface area contributed by atoms with Gasteiger partial charge in [0.15, 0.2) is 0 Å². The second-order valence-corrected chi connectivity index (χ2v) is 4.74. The average Bonchev–Trinajstić information content (AvgIpc) is 2.91.